The van der Waals surface area contributed by atoms with Crippen LogP contribution in [0, 0.1) is 11.3 Å². The SMILES string of the molecule is CCCNc1cc(N(CCC#N)C2CC2)nc(C(C)C)n1. The molecule has 1 heterocycles. The zero-order valence-corrected chi connectivity index (χ0v) is 13.3. The predicted molar refractivity (Wildman–Crippen MR) is 85.5 cm³/mol. The van der Waals surface area contributed by atoms with E-state index in [4.69, 9.17) is 10.2 Å². The van der Waals surface area contributed by atoms with Crippen LogP contribution in [-0.4, -0.2) is 29.1 Å². The van der Waals surface area contributed by atoms with Gasteiger partial charge in [0.05, 0.1) is 12.5 Å². The molecule has 1 aromatic heterocycles. The smallest absolute Gasteiger partial charge is 0.135 e. The van der Waals surface area contributed by atoms with Gasteiger partial charge in [0.15, 0.2) is 0 Å². The van der Waals surface area contributed by atoms with Crippen LogP contribution in [0.25, 0.3) is 0 Å². The topological polar surface area (TPSA) is 64.8 Å². The van der Waals surface area contributed by atoms with E-state index in [-0.39, 0.29) is 0 Å². The van der Waals surface area contributed by atoms with Crippen LogP contribution in [0.15, 0.2) is 6.07 Å². The van der Waals surface area contributed by atoms with Crippen LogP contribution >= 0.6 is 0 Å². The summed E-state index contributed by atoms with van der Waals surface area (Å²) in [7, 11) is 0. The molecule has 5 nitrogen and oxygen atoms in total. The number of hydrogen-bond donors (Lipinski definition) is 1. The van der Waals surface area contributed by atoms with Crippen molar-refractivity contribution in [2.45, 2.75) is 58.4 Å². The van der Waals surface area contributed by atoms with Crippen LogP contribution in [0.5, 0.6) is 0 Å². The van der Waals surface area contributed by atoms with Crippen molar-refractivity contribution in [1.29, 1.82) is 5.26 Å². The van der Waals surface area contributed by atoms with Crippen LogP contribution in [0.1, 0.15) is 58.2 Å². The summed E-state index contributed by atoms with van der Waals surface area (Å²) in [5, 5.41) is 12.2. The molecule has 0 radical (unpaired) electrons. The Labute approximate surface area is 127 Å². The molecule has 1 N–H and O–H groups in total. The van der Waals surface area contributed by atoms with Gasteiger partial charge in [-0.3, -0.25) is 0 Å². The molecule has 114 valence electrons. The molecule has 0 bridgehead atoms. The fourth-order valence-corrected chi connectivity index (χ4v) is 2.24. The summed E-state index contributed by atoms with van der Waals surface area (Å²) in [5.74, 6) is 3.02. The highest BCUT2D eigenvalue weighted by Gasteiger charge is 2.30. The molecule has 21 heavy (non-hydrogen) atoms. The van der Waals surface area contributed by atoms with Crippen LogP contribution in [0.4, 0.5) is 11.6 Å². The maximum atomic E-state index is 8.86. The molecule has 0 aromatic carbocycles. The third-order valence-electron chi connectivity index (χ3n) is 3.55. The first-order valence-electron chi connectivity index (χ1n) is 7.92. The fourth-order valence-electron chi connectivity index (χ4n) is 2.24. The monoisotopic (exact) mass is 287 g/mol. The Morgan fingerprint density at radius 1 is 1.43 bits per heavy atom. The summed E-state index contributed by atoms with van der Waals surface area (Å²) in [5.41, 5.74) is 0. The summed E-state index contributed by atoms with van der Waals surface area (Å²) < 4.78 is 0. The number of rotatable bonds is 8. The highest BCUT2D eigenvalue weighted by molar-refractivity contribution is 5.51. The molecule has 0 spiro atoms. The van der Waals surface area contributed by atoms with Gasteiger partial charge < -0.3 is 10.2 Å². The van der Waals surface area contributed by atoms with Crippen LogP contribution in [0.2, 0.25) is 0 Å². The highest BCUT2D eigenvalue weighted by atomic mass is 15.2. The molecule has 1 aliphatic rings. The maximum absolute atomic E-state index is 8.86. The molecular weight excluding hydrogens is 262 g/mol. The van der Waals surface area contributed by atoms with E-state index < -0.39 is 0 Å². The van der Waals surface area contributed by atoms with E-state index >= 15 is 0 Å². The third-order valence-corrected chi connectivity index (χ3v) is 3.55. The molecule has 1 saturated carbocycles. The number of hydrogen-bond acceptors (Lipinski definition) is 5. The highest BCUT2D eigenvalue weighted by Crippen LogP contribution is 2.32. The van der Waals surface area contributed by atoms with Crippen LogP contribution < -0.4 is 10.2 Å². The van der Waals surface area contributed by atoms with Gasteiger partial charge in [-0.15, -0.1) is 0 Å². The first-order valence-corrected chi connectivity index (χ1v) is 7.92. The Kier molecular flexibility index (Phi) is 5.38. The Bertz CT molecular complexity index is 502. The molecule has 0 unspecified atom stereocenters. The van der Waals surface area contributed by atoms with Crippen molar-refractivity contribution in [3.8, 4) is 6.07 Å². The van der Waals surface area contributed by atoms with Gasteiger partial charge >= 0.3 is 0 Å². The van der Waals surface area contributed by atoms with Crippen molar-refractivity contribution in [3.63, 3.8) is 0 Å². The van der Waals surface area contributed by atoms with E-state index in [0.29, 0.717) is 18.4 Å². The van der Waals surface area contributed by atoms with Gasteiger partial charge in [0.25, 0.3) is 0 Å². The number of anilines is 2. The van der Waals surface area contributed by atoms with Crippen molar-refractivity contribution in [2.75, 3.05) is 23.3 Å². The van der Waals surface area contributed by atoms with Crippen LogP contribution in [-0.2, 0) is 0 Å². The average molecular weight is 287 g/mol. The Balaban J connectivity index is 2.26. The molecule has 0 aliphatic heterocycles. The minimum absolute atomic E-state index is 0.296. The second kappa shape index (κ2) is 7.26. The van der Waals surface area contributed by atoms with E-state index in [1.54, 1.807) is 0 Å². The van der Waals surface area contributed by atoms with Crippen molar-refractivity contribution in [3.05, 3.63) is 11.9 Å². The molecule has 5 heteroatoms. The lowest BCUT2D eigenvalue weighted by atomic mass is 10.2. The molecule has 2 rings (SSSR count). The normalized spacial score (nSPS) is 14.0. The first kappa shape index (κ1) is 15.6. The molecular formula is C16H25N5. The second-order valence-electron chi connectivity index (χ2n) is 5.88. The predicted octanol–water partition coefficient (Wildman–Crippen LogP) is 3.30. The minimum Gasteiger partial charge on any atom is -0.370 e. The van der Waals surface area contributed by atoms with Crippen LogP contribution in [0.3, 0.4) is 0 Å². The Morgan fingerprint density at radius 3 is 2.76 bits per heavy atom. The van der Waals surface area contributed by atoms with Gasteiger partial charge in [0.1, 0.15) is 17.5 Å². The average Bonchev–Trinajstić information content (AvgIpc) is 3.30. The number of nitrogens with zero attached hydrogens (tertiary/aromatic N) is 4. The largest absolute Gasteiger partial charge is 0.370 e. The lowest BCUT2D eigenvalue weighted by Crippen LogP contribution is -2.28. The van der Waals surface area contributed by atoms with Crippen molar-refractivity contribution < 1.29 is 0 Å². The van der Waals surface area contributed by atoms with Gasteiger partial charge in [-0.05, 0) is 19.3 Å². The molecule has 1 aliphatic carbocycles. The summed E-state index contributed by atoms with van der Waals surface area (Å²) in [4.78, 5) is 11.6. The zero-order chi connectivity index (χ0) is 15.2. The van der Waals surface area contributed by atoms with E-state index in [2.05, 4.69) is 42.0 Å². The number of aromatic nitrogens is 2. The third kappa shape index (κ3) is 4.32. The Hall–Kier alpha value is -1.83. The summed E-state index contributed by atoms with van der Waals surface area (Å²) in [6.07, 6.45) is 4.00. The molecule has 1 aromatic rings. The number of nitrogens with one attached hydrogen (secondary N) is 1. The van der Waals surface area contributed by atoms with E-state index in [0.717, 1.165) is 37.0 Å². The summed E-state index contributed by atoms with van der Waals surface area (Å²) in [6.45, 7) is 8.03. The number of nitriles is 1. The lowest BCUT2D eigenvalue weighted by molar-refractivity contribution is 0.736. The van der Waals surface area contributed by atoms with Gasteiger partial charge in [-0.2, -0.15) is 5.26 Å². The maximum Gasteiger partial charge on any atom is 0.135 e. The van der Waals surface area contributed by atoms with Crippen molar-refractivity contribution >= 4 is 11.6 Å². The first-order chi connectivity index (χ1) is 10.2. The van der Waals surface area contributed by atoms with E-state index in [1.165, 1.54) is 12.8 Å². The van der Waals surface area contributed by atoms with Gasteiger partial charge in [-0.25, -0.2) is 9.97 Å². The molecule has 1 fully saturated rings. The minimum atomic E-state index is 0.296. The second-order valence-corrected chi connectivity index (χ2v) is 5.88. The summed E-state index contributed by atoms with van der Waals surface area (Å²) in [6, 6.07) is 4.81. The molecule has 0 saturated heterocycles. The molecule has 0 amide bonds. The van der Waals surface area contributed by atoms with E-state index in [1.807, 2.05) is 6.07 Å². The standard InChI is InChI=1S/C16H25N5/c1-4-9-18-14-11-15(20-16(19-14)12(2)3)21(10-5-8-17)13-6-7-13/h11-13H,4-7,9-10H2,1-3H3,(H,18,19,20). The summed E-state index contributed by atoms with van der Waals surface area (Å²) >= 11 is 0. The van der Waals surface area contributed by atoms with Gasteiger partial charge in [-0.1, -0.05) is 20.8 Å². The van der Waals surface area contributed by atoms with Crippen molar-refractivity contribution in [2.24, 2.45) is 0 Å². The molecule has 0 atom stereocenters. The fraction of sp³-hybridized carbons (Fsp3) is 0.688. The Morgan fingerprint density at radius 2 is 2.19 bits per heavy atom. The van der Waals surface area contributed by atoms with Gasteiger partial charge in [0, 0.05) is 31.1 Å². The lowest BCUT2D eigenvalue weighted by Gasteiger charge is -2.24. The quantitative estimate of drug-likeness (QED) is 0.794. The van der Waals surface area contributed by atoms with E-state index in [9.17, 15) is 0 Å². The zero-order valence-electron chi connectivity index (χ0n) is 13.3. The van der Waals surface area contributed by atoms with Crippen molar-refractivity contribution in [1.82, 2.24) is 9.97 Å². The van der Waals surface area contributed by atoms with Gasteiger partial charge in [0.2, 0.25) is 0 Å².